The maximum absolute atomic E-state index is 5.78. The van der Waals surface area contributed by atoms with Crippen LogP contribution in [0.25, 0.3) is 0 Å². The van der Waals surface area contributed by atoms with Crippen LogP contribution >= 0.6 is 24.0 Å². The lowest BCUT2D eigenvalue weighted by Gasteiger charge is -2.36. The van der Waals surface area contributed by atoms with Crippen molar-refractivity contribution in [1.29, 1.82) is 0 Å². The van der Waals surface area contributed by atoms with Crippen LogP contribution in [0.2, 0.25) is 0 Å². The standard InChI is InChI=1S/C12H25N3.HI/c1-10(2)5-8-14-11(13)15-9-12(3)6-4-7-12;/h10H,4-9H2,1-3H3,(H3,13,14,15);1H. The second-order valence-electron chi connectivity index (χ2n) is 5.47. The summed E-state index contributed by atoms with van der Waals surface area (Å²) >= 11 is 0. The summed E-state index contributed by atoms with van der Waals surface area (Å²) in [6.45, 7) is 8.54. The van der Waals surface area contributed by atoms with Crippen LogP contribution in [-0.2, 0) is 0 Å². The number of nitrogens with two attached hydrogens (primary N) is 1. The Kier molecular flexibility index (Phi) is 7.35. The van der Waals surface area contributed by atoms with E-state index in [0.29, 0.717) is 11.4 Å². The van der Waals surface area contributed by atoms with Gasteiger partial charge in [-0.15, -0.1) is 24.0 Å². The van der Waals surface area contributed by atoms with Crippen LogP contribution < -0.4 is 11.1 Å². The number of nitrogens with zero attached hydrogens (tertiary/aromatic N) is 1. The van der Waals surface area contributed by atoms with Crippen molar-refractivity contribution in [3.8, 4) is 0 Å². The Labute approximate surface area is 117 Å². The molecule has 0 amide bonds. The Bertz CT molecular complexity index is 222. The highest BCUT2D eigenvalue weighted by Crippen LogP contribution is 2.40. The van der Waals surface area contributed by atoms with Gasteiger partial charge in [0.15, 0.2) is 5.96 Å². The van der Waals surface area contributed by atoms with Gasteiger partial charge in [-0.2, -0.15) is 0 Å². The molecule has 1 aliphatic rings. The fraction of sp³-hybridized carbons (Fsp3) is 0.917. The molecule has 16 heavy (non-hydrogen) atoms. The molecule has 0 spiro atoms. The molecule has 3 N–H and O–H groups in total. The predicted octanol–water partition coefficient (Wildman–Crippen LogP) is 2.75. The van der Waals surface area contributed by atoms with Gasteiger partial charge < -0.3 is 11.1 Å². The maximum Gasteiger partial charge on any atom is 0.188 e. The van der Waals surface area contributed by atoms with Gasteiger partial charge in [-0.3, -0.25) is 4.99 Å². The van der Waals surface area contributed by atoms with Crippen molar-refractivity contribution in [2.24, 2.45) is 22.1 Å². The summed E-state index contributed by atoms with van der Waals surface area (Å²) < 4.78 is 0. The third-order valence-electron chi connectivity index (χ3n) is 3.22. The number of hydrogen-bond acceptors (Lipinski definition) is 1. The van der Waals surface area contributed by atoms with Gasteiger partial charge >= 0.3 is 0 Å². The number of rotatable bonds is 5. The molecule has 1 aliphatic carbocycles. The highest BCUT2D eigenvalue weighted by molar-refractivity contribution is 14.0. The minimum Gasteiger partial charge on any atom is -0.370 e. The predicted molar refractivity (Wildman–Crippen MR) is 81.3 cm³/mol. The van der Waals surface area contributed by atoms with Crippen LogP contribution in [0.15, 0.2) is 4.99 Å². The second kappa shape index (κ2) is 7.35. The third-order valence-corrected chi connectivity index (χ3v) is 3.22. The van der Waals surface area contributed by atoms with Gasteiger partial charge in [0.1, 0.15) is 0 Å². The maximum atomic E-state index is 5.78. The molecule has 0 bridgehead atoms. The molecule has 0 unspecified atom stereocenters. The zero-order chi connectivity index (χ0) is 11.3. The molecular weight excluding hydrogens is 313 g/mol. The van der Waals surface area contributed by atoms with Crippen LogP contribution in [0.3, 0.4) is 0 Å². The molecule has 1 saturated carbocycles. The first-order chi connectivity index (χ1) is 7.02. The number of hydrogen-bond donors (Lipinski definition) is 2. The van der Waals surface area contributed by atoms with Crippen LogP contribution in [0.5, 0.6) is 0 Å². The molecule has 0 atom stereocenters. The van der Waals surface area contributed by atoms with Gasteiger partial charge in [0.2, 0.25) is 0 Å². The van der Waals surface area contributed by atoms with E-state index in [-0.39, 0.29) is 24.0 Å². The van der Waals surface area contributed by atoms with Crippen LogP contribution in [-0.4, -0.2) is 19.0 Å². The largest absolute Gasteiger partial charge is 0.370 e. The van der Waals surface area contributed by atoms with Crippen LogP contribution in [0, 0.1) is 11.3 Å². The van der Waals surface area contributed by atoms with E-state index in [0.717, 1.165) is 25.4 Å². The smallest absolute Gasteiger partial charge is 0.188 e. The van der Waals surface area contributed by atoms with Crippen molar-refractivity contribution in [3.05, 3.63) is 0 Å². The van der Waals surface area contributed by atoms with E-state index in [1.807, 2.05) is 0 Å². The van der Waals surface area contributed by atoms with E-state index in [1.165, 1.54) is 19.3 Å². The van der Waals surface area contributed by atoms with Gasteiger partial charge in [-0.05, 0) is 30.6 Å². The molecule has 0 aliphatic heterocycles. The molecule has 0 heterocycles. The molecule has 0 saturated heterocycles. The Balaban J connectivity index is 0.00000225. The quantitative estimate of drug-likeness (QED) is 0.460. The topological polar surface area (TPSA) is 50.4 Å². The molecule has 1 fully saturated rings. The normalized spacial score (nSPS) is 18.9. The first-order valence-corrected chi connectivity index (χ1v) is 6.06. The van der Waals surface area contributed by atoms with Crippen LogP contribution in [0.4, 0.5) is 0 Å². The second-order valence-corrected chi connectivity index (χ2v) is 5.47. The lowest BCUT2D eigenvalue weighted by Crippen LogP contribution is -2.36. The summed E-state index contributed by atoms with van der Waals surface area (Å²) in [5.74, 6) is 1.33. The average Bonchev–Trinajstić information content (AvgIpc) is 2.11. The molecule has 96 valence electrons. The van der Waals surface area contributed by atoms with E-state index in [9.17, 15) is 0 Å². The fourth-order valence-electron chi connectivity index (χ4n) is 1.76. The van der Waals surface area contributed by atoms with E-state index >= 15 is 0 Å². The molecular formula is C12H26IN3. The van der Waals surface area contributed by atoms with Crippen molar-refractivity contribution in [3.63, 3.8) is 0 Å². The minimum atomic E-state index is 0. The van der Waals surface area contributed by atoms with E-state index in [2.05, 4.69) is 31.1 Å². The zero-order valence-electron chi connectivity index (χ0n) is 10.8. The lowest BCUT2D eigenvalue weighted by atomic mass is 9.71. The molecule has 0 aromatic carbocycles. The van der Waals surface area contributed by atoms with Crippen molar-refractivity contribution in [2.45, 2.75) is 46.5 Å². The molecule has 1 rings (SSSR count). The molecule has 0 aromatic rings. The first-order valence-electron chi connectivity index (χ1n) is 6.06. The van der Waals surface area contributed by atoms with Crippen molar-refractivity contribution in [1.82, 2.24) is 5.32 Å². The Morgan fingerprint density at radius 1 is 1.44 bits per heavy atom. The SMILES string of the molecule is CC(C)CCNC(N)=NCC1(C)CCC1.I. The number of guanidine groups is 1. The van der Waals surface area contributed by atoms with E-state index in [4.69, 9.17) is 5.73 Å². The third kappa shape index (κ3) is 5.92. The molecule has 3 nitrogen and oxygen atoms in total. The summed E-state index contributed by atoms with van der Waals surface area (Å²) in [5.41, 5.74) is 6.22. The van der Waals surface area contributed by atoms with Crippen molar-refractivity contribution >= 4 is 29.9 Å². The van der Waals surface area contributed by atoms with Crippen molar-refractivity contribution in [2.75, 3.05) is 13.1 Å². The fourth-order valence-corrected chi connectivity index (χ4v) is 1.76. The summed E-state index contributed by atoms with van der Waals surface area (Å²) in [6.07, 6.45) is 5.10. The van der Waals surface area contributed by atoms with Crippen LogP contribution in [0.1, 0.15) is 46.5 Å². The summed E-state index contributed by atoms with van der Waals surface area (Å²) in [5, 5.41) is 3.16. The summed E-state index contributed by atoms with van der Waals surface area (Å²) in [4.78, 5) is 4.40. The van der Waals surface area contributed by atoms with E-state index < -0.39 is 0 Å². The van der Waals surface area contributed by atoms with Gasteiger partial charge in [0, 0.05) is 13.1 Å². The van der Waals surface area contributed by atoms with Gasteiger partial charge in [-0.1, -0.05) is 27.2 Å². The number of nitrogens with one attached hydrogen (secondary N) is 1. The average molecular weight is 339 g/mol. The Morgan fingerprint density at radius 3 is 2.50 bits per heavy atom. The lowest BCUT2D eigenvalue weighted by molar-refractivity contribution is 0.173. The molecule has 0 aromatic heterocycles. The van der Waals surface area contributed by atoms with Gasteiger partial charge in [-0.25, -0.2) is 0 Å². The summed E-state index contributed by atoms with van der Waals surface area (Å²) in [7, 11) is 0. The van der Waals surface area contributed by atoms with E-state index in [1.54, 1.807) is 0 Å². The molecule has 0 radical (unpaired) electrons. The Morgan fingerprint density at radius 2 is 2.06 bits per heavy atom. The number of halogens is 1. The number of aliphatic imine (C=N–C) groups is 1. The zero-order valence-corrected chi connectivity index (χ0v) is 13.1. The summed E-state index contributed by atoms with van der Waals surface area (Å²) in [6, 6.07) is 0. The highest BCUT2D eigenvalue weighted by Gasteiger charge is 2.31. The highest BCUT2D eigenvalue weighted by atomic mass is 127. The Hall–Kier alpha value is 0. The molecule has 4 heteroatoms. The van der Waals surface area contributed by atoms with Gasteiger partial charge in [0.05, 0.1) is 0 Å². The monoisotopic (exact) mass is 339 g/mol. The minimum absolute atomic E-state index is 0. The van der Waals surface area contributed by atoms with Gasteiger partial charge in [0.25, 0.3) is 0 Å². The van der Waals surface area contributed by atoms with Crippen molar-refractivity contribution < 1.29 is 0 Å². The first kappa shape index (κ1) is 16.0.